The van der Waals surface area contributed by atoms with Gasteiger partial charge in [-0.2, -0.15) is 0 Å². The number of rotatable bonds is 13. The molecule has 6 nitrogen and oxygen atoms in total. The molecule has 1 aliphatic rings. The fourth-order valence-electron chi connectivity index (χ4n) is 2.58. The van der Waals surface area contributed by atoms with Crippen molar-refractivity contribution >= 4 is 30.2 Å². The van der Waals surface area contributed by atoms with E-state index in [9.17, 15) is 14.2 Å². The molecule has 0 aromatic carbocycles. The van der Waals surface area contributed by atoms with Crippen LogP contribution in [-0.2, 0) is 18.6 Å². The topological polar surface area (TPSA) is 89.9 Å². The minimum Gasteiger partial charge on any atom is -0.450 e. The molecule has 8 heteroatoms. The van der Waals surface area contributed by atoms with Crippen LogP contribution in [0.4, 0.5) is 4.79 Å². The van der Waals surface area contributed by atoms with Crippen LogP contribution in [0.25, 0.3) is 0 Å². The number of hydrogen-bond acceptors (Lipinski definition) is 6. The van der Waals surface area contributed by atoms with Gasteiger partial charge < -0.3 is 9.63 Å². The van der Waals surface area contributed by atoms with Gasteiger partial charge in [0.25, 0.3) is 0 Å². The van der Waals surface area contributed by atoms with Crippen LogP contribution in [0.5, 0.6) is 0 Å². The molecule has 1 fully saturated rings. The third-order valence-corrected chi connectivity index (χ3v) is 6.23. The van der Waals surface area contributed by atoms with E-state index in [1.165, 1.54) is 51.4 Å². The molecular formula is C17H31O6PS. The van der Waals surface area contributed by atoms with Crippen LogP contribution in [0, 0.1) is 0 Å². The van der Waals surface area contributed by atoms with E-state index >= 15 is 0 Å². The van der Waals surface area contributed by atoms with Crippen LogP contribution in [0.1, 0.15) is 77.6 Å². The highest BCUT2D eigenvalue weighted by Crippen LogP contribution is 2.47. The molecule has 1 N–H and O–H groups in total. The maximum atomic E-state index is 11.8. The molecule has 0 aromatic rings. The maximum absolute atomic E-state index is 11.8. The second kappa shape index (κ2) is 12.9. The van der Waals surface area contributed by atoms with Crippen molar-refractivity contribution in [3.8, 4) is 0 Å². The Balaban J connectivity index is 1.94. The van der Waals surface area contributed by atoms with Crippen molar-refractivity contribution in [2.45, 2.75) is 83.7 Å². The van der Waals surface area contributed by atoms with Crippen molar-refractivity contribution in [1.82, 2.24) is 0 Å². The highest BCUT2D eigenvalue weighted by molar-refractivity contribution is 8.13. The normalized spacial score (nSPS) is 23.4. The molecule has 0 aliphatic carbocycles. The van der Waals surface area contributed by atoms with E-state index in [1.54, 1.807) is 0 Å². The summed E-state index contributed by atoms with van der Waals surface area (Å²) in [7, 11) is -4.26. The van der Waals surface area contributed by atoms with E-state index in [0.717, 1.165) is 24.6 Å². The summed E-state index contributed by atoms with van der Waals surface area (Å²) >= 11 is 1.10. The van der Waals surface area contributed by atoms with Gasteiger partial charge in [0.05, 0.1) is 6.61 Å². The zero-order chi connectivity index (χ0) is 18.5. The Morgan fingerprint density at radius 2 is 1.68 bits per heavy atom. The lowest BCUT2D eigenvalue weighted by Gasteiger charge is -2.24. The second-order valence-corrected chi connectivity index (χ2v) is 9.18. The lowest BCUT2D eigenvalue weighted by Crippen LogP contribution is -2.30. The Morgan fingerprint density at radius 1 is 1.12 bits per heavy atom. The number of hydrogen-bond donors (Lipinski definition) is 1. The molecule has 0 amide bonds. The minimum absolute atomic E-state index is 0.0633. The fourth-order valence-corrected chi connectivity index (χ4v) is 4.16. The van der Waals surface area contributed by atoms with E-state index in [-0.39, 0.29) is 17.5 Å². The van der Waals surface area contributed by atoms with Gasteiger partial charge in [-0.05, 0) is 6.42 Å². The Kier molecular flexibility index (Phi) is 11.7. The summed E-state index contributed by atoms with van der Waals surface area (Å²) in [6.07, 6.45) is 12.1. The predicted molar refractivity (Wildman–Crippen MR) is 100.0 cm³/mol. The molecule has 0 aromatic heterocycles. The van der Waals surface area contributed by atoms with Gasteiger partial charge in [0.1, 0.15) is 6.10 Å². The van der Waals surface area contributed by atoms with Crippen LogP contribution >= 0.6 is 19.4 Å². The van der Waals surface area contributed by atoms with Gasteiger partial charge >= 0.3 is 13.3 Å². The van der Waals surface area contributed by atoms with E-state index < -0.39 is 19.4 Å². The fraction of sp³-hybridized carbons (Fsp3) is 0.882. The molecule has 2 atom stereocenters. The number of carbonyl (C=O) groups is 2. The van der Waals surface area contributed by atoms with Crippen LogP contribution in [0.2, 0.25) is 0 Å². The second-order valence-electron chi connectivity index (χ2n) is 6.44. The summed E-state index contributed by atoms with van der Waals surface area (Å²) in [5.74, 6) is 0.266. The van der Waals surface area contributed by atoms with Crippen LogP contribution in [0.3, 0.4) is 0 Å². The lowest BCUT2D eigenvalue weighted by molar-refractivity contribution is -0.111. The van der Waals surface area contributed by atoms with Crippen LogP contribution < -0.4 is 0 Å². The molecule has 1 rings (SSSR count). The van der Waals surface area contributed by atoms with E-state index in [2.05, 4.69) is 11.4 Å². The first-order valence-corrected chi connectivity index (χ1v) is 11.9. The summed E-state index contributed by atoms with van der Waals surface area (Å²) in [5, 5.41) is 0.0633. The van der Waals surface area contributed by atoms with Crippen molar-refractivity contribution in [3.63, 3.8) is 0 Å². The Labute approximate surface area is 155 Å². The van der Waals surface area contributed by atoms with Gasteiger partial charge in [0.2, 0.25) is 0 Å². The Bertz CT molecular complexity index is 456. The van der Waals surface area contributed by atoms with Crippen molar-refractivity contribution in [1.29, 1.82) is 0 Å². The highest BCUT2D eigenvalue weighted by Gasteiger charge is 2.40. The molecule has 146 valence electrons. The first-order chi connectivity index (χ1) is 12.0. The number of carbonyl (C=O) groups excluding carboxylic acids is 2. The SMILES string of the molecule is CCCCCCCCCCCCC(=O)SCC1COP(=O)(O)C(=O)O1. The van der Waals surface area contributed by atoms with Gasteiger partial charge in [0, 0.05) is 12.2 Å². The molecule has 0 saturated carbocycles. The smallest absolute Gasteiger partial charge is 0.436 e. The highest BCUT2D eigenvalue weighted by atomic mass is 32.2. The average Bonchev–Trinajstić information content (AvgIpc) is 2.58. The monoisotopic (exact) mass is 394 g/mol. The first-order valence-electron chi connectivity index (χ1n) is 9.30. The van der Waals surface area contributed by atoms with Gasteiger partial charge in [-0.25, -0.2) is 9.36 Å². The van der Waals surface area contributed by atoms with Crippen LogP contribution in [0.15, 0.2) is 0 Å². The third kappa shape index (κ3) is 10.4. The molecule has 0 bridgehead atoms. The van der Waals surface area contributed by atoms with Crippen molar-refractivity contribution < 1.29 is 28.3 Å². The van der Waals surface area contributed by atoms with E-state index in [1.807, 2.05) is 0 Å². The summed E-state index contributed by atoms with van der Waals surface area (Å²) in [6.45, 7) is 2.08. The van der Waals surface area contributed by atoms with Crippen molar-refractivity contribution in [2.24, 2.45) is 0 Å². The predicted octanol–water partition coefficient (Wildman–Crippen LogP) is 5.28. The van der Waals surface area contributed by atoms with E-state index in [0.29, 0.717) is 6.42 Å². The average molecular weight is 394 g/mol. The van der Waals surface area contributed by atoms with Gasteiger partial charge in [-0.1, -0.05) is 76.5 Å². The Morgan fingerprint density at radius 3 is 2.24 bits per heavy atom. The quantitative estimate of drug-likeness (QED) is 0.336. The maximum Gasteiger partial charge on any atom is 0.436 e. The number of ether oxygens (including phenoxy) is 1. The zero-order valence-corrected chi connectivity index (χ0v) is 16.8. The molecule has 1 saturated heterocycles. The number of cyclic esters (lactones) is 1. The zero-order valence-electron chi connectivity index (χ0n) is 15.1. The number of unbranched alkanes of at least 4 members (excludes halogenated alkanes) is 9. The van der Waals surface area contributed by atoms with Gasteiger partial charge in [0.15, 0.2) is 5.12 Å². The number of thioether (sulfide) groups is 1. The summed E-state index contributed by atoms with van der Waals surface area (Å²) in [6, 6.07) is 0. The molecule has 0 radical (unpaired) electrons. The minimum atomic E-state index is -4.26. The summed E-state index contributed by atoms with van der Waals surface area (Å²) in [4.78, 5) is 32.1. The summed E-state index contributed by atoms with van der Waals surface area (Å²) < 4.78 is 20.6. The molecule has 0 spiro atoms. The van der Waals surface area contributed by atoms with E-state index in [4.69, 9.17) is 9.63 Å². The molecule has 2 unspecified atom stereocenters. The largest absolute Gasteiger partial charge is 0.450 e. The van der Waals surface area contributed by atoms with Crippen molar-refractivity contribution in [2.75, 3.05) is 12.4 Å². The third-order valence-electron chi connectivity index (χ3n) is 4.10. The molecule has 1 aliphatic heterocycles. The Hall–Kier alpha value is -0.360. The van der Waals surface area contributed by atoms with Gasteiger partial charge in [-0.3, -0.25) is 9.32 Å². The lowest BCUT2D eigenvalue weighted by atomic mass is 10.1. The van der Waals surface area contributed by atoms with Crippen LogP contribution in [-0.4, -0.2) is 34.2 Å². The van der Waals surface area contributed by atoms with Crippen molar-refractivity contribution in [3.05, 3.63) is 0 Å². The van der Waals surface area contributed by atoms with Gasteiger partial charge in [-0.15, -0.1) is 0 Å². The standard InChI is InChI=1S/C17H31O6PS/c1-2-3-4-5-6-7-8-9-10-11-12-16(18)25-14-15-13-22-24(20,21)17(19)23-15/h15H,2-14H2,1H3,(H,20,21). The molecule has 25 heavy (non-hydrogen) atoms. The molecular weight excluding hydrogens is 363 g/mol. The first kappa shape index (κ1) is 22.7. The molecule has 1 heterocycles. The summed E-state index contributed by atoms with van der Waals surface area (Å²) in [5.41, 5.74) is -1.23.